The number of amides is 1. The molecule has 1 rings (SSSR count). The number of carboxylic acids is 1. The summed E-state index contributed by atoms with van der Waals surface area (Å²) in [5.74, 6) is -1.84. The second kappa shape index (κ2) is 6.76. The molecule has 1 aromatic rings. The fraction of sp³-hybridized carbons (Fsp3) is 0.429. The molecule has 116 valence electrons. The van der Waals surface area contributed by atoms with Gasteiger partial charge in [0.05, 0.1) is 12.5 Å². The van der Waals surface area contributed by atoms with Crippen LogP contribution < -0.4 is 5.32 Å². The van der Waals surface area contributed by atoms with Crippen molar-refractivity contribution in [2.75, 3.05) is 0 Å². The number of carbonyl (C=O) groups is 2. The minimum Gasteiger partial charge on any atom is -0.481 e. The Balaban J connectivity index is 2.98. The van der Waals surface area contributed by atoms with Crippen molar-refractivity contribution in [3.63, 3.8) is 0 Å². The summed E-state index contributed by atoms with van der Waals surface area (Å²) in [4.78, 5) is 22.6. The second-order valence-corrected chi connectivity index (χ2v) is 5.90. The van der Waals surface area contributed by atoms with Crippen molar-refractivity contribution in [2.45, 2.75) is 38.8 Å². The Hall–Kier alpha value is -1.82. The highest BCUT2D eigenvalue weighted by Crippen LogP contribution is 2.24. The molecule has 1 amide bonds. The highest BCUT2D eigenvalue weighted by Gasteiger charge is 2.24. The summed E-state index contributed by atoms with van der Waals surface area (Å²) in [6.45, 7) is 5.00. The van der Waals surface area contributed by atoms with Gasteiger partial charge in [0.25, 0.3) is 0 Å². The average Bonchev–Trinajstić information content (AvgIpc) is 2.28. The van der Waals surface area contributed by atoms with Crippen molar-refractivity contribution >= 4 is 23.7 Å². The zero-order valence-electron chi connectivity index (χ0n) is 11.9. The van der Waals surface area contributed by atoms with Crippen LogP contribution in [0, 0.1) is 5.82 Å². The van der Waals surface area contributed by atoms with E-state index in [1.165, 1.54) is 12.1 Å². The van der Waals surface area contributed by atoms with Crippen LogP contribution in [-0.4, -0.2) is 22.8 Å². The van der Waals surface area contributed by atoms with E-state index >= 15 is 0 Å². The van der Waals surface area contributed by atoms with Gasteiger partial charge in [-0.15, -0.1) is 0 Å². The van der Waals surface area contributed by atoms with E-state index in [0.29, 0.717) is 0 Å². The van der Waals surface area contributed by atoms with E-state index in [2.05, 4.69) is 5.32 Å². The number of ether oxygens (including phenoxy) is 1. The highest BCUT2D eigenvalue weighted by atomic mass is 35.5. The fourth-order valence-electron chi connectivity index (χ4n) is 1.64. The first-order valence-electron chi connectivity index (χ1n) is 6.25. The highest BCUT2D eigenvalue weighted by molar-refractivity contribution is 6.30. The number of halogens is 2. The van der Waals surface area contributed by atoms with Crippen molar-refractivity contribution in [1.29, 1.82) is 0 Å². The number of hydrogen-bond donors (Lipinski definition) is 2. The Labute approximate surface area is 127 Å². The molecule has 0 heterocycles. The molecule has 7 heteroatoms. The summed E-state index contributed by atoms with van der Waals surface area (Å²) >= 11 is 5.78. The Bertz CT molecular complexity index is 542. The van der Waals surface area contributed by atoms with Crippen LogP contribution in [0.4, 0.5) is 9.18 Å². The van der Waals surface area contributed by atoms with Crippen LogP contribution in [0.15, 0.2) is 18.2 Å². The average molecular weight is 318 g/mol. The SMILES string of the molecule is CC(C)(C)OC(=O)N[C@H](CC(=O)O)c1cc(Cl)ccc1F. The first kappa shape index (κ1) is 17.2. The lowest BCUT2D eigenvalue weighted by atomic mass is 10.0. The smallest absolute Gasteiger partial charge is 0.408 e. The Morgan fingerprint density at radius 2 is 2.05 bits per heavy atom. The maximum atomic E-state index is 13.8. The Morgan fingerprint density at radius 3 is 2.57 bits per heavy atom. The van der Waals surface area contributed by atoms with Gasteiger partial charge in [0.2, 0.25) is 0 Å². The van der Waals surface area contributed by atoms with E-state index < -0.39 is 35.9 Å². The van der Waals surface area contributed by atoms with E-state index in [-0.39, 0.29) is 10.6 Å². The summed E-state index contributed by atoms with van der Waals surface area (Å²) in [6, 6.07) is 2.66. The van der Waals surface area contributed by atoms with E-state index in [0.717, 1.165) is 6.07 Å². The van der Waals surface area contributed by atoms with Crippen molar-refractivity contribution < 1.29 is 23.8 Å². The maximum absolute atomic E-state index is 13.8. The van der Waals surface area contributed by atoms with Crippen molar-refractivity contribution in [3.05, 3.63) is 34.6 Å². The lowest BCUT2D eigenvalue weighted by molar-refractivity contribution is -0.137. The number of hydrogen-bond acceptors (Lipinski definition) is 3. The zero-order valence-corrected chi connectivity index (χ0v) is 12.7. The molecule has 1 aromatic carbocycles. The molecule has 0 saturated heterocycles. The normalized spacial score (nSPS) is 12.6. The fourth-order valence-corrected chi connectivity index (χ4v) is 1.83. The topological polar surface area (TPSA) is 75.6 Å². The number of carboxylic acid groups (broad SMARTS) is 1. The molecule has 0 aliphatic carbocycles. The first-order chi connectivity index (χ1) is 9.58. The van der Waals surface area contributed by atoms with Gasteiger partial charge in [-0.3, -0.25) is 4.79 Å². The predicted octanol–water partition coefficient (Wildman–Crippen LogP) is 3.52. The molecule has 0 aliphatic rings. The van der Waals surface area contributed by atoms with Gasteiger partial charge in [-0.2, -0.15) is 0 Å². The third kappa shape index (κ3) is 5.99. The lowest BCUT2D eigenvalue weighted by Gasteiger charge is -2.23. The number of nitrogens with one attached hydrogen (secondary N) is 1. The minimum absolute atomic E-state index is 0.00393. The molecule has 5 nitrogen and oxygen atoms in total. The summed E-state index contributed by atoms with van der Waals surface area (Å²) in [5, 5.41) is 11.5. The number of aliphatic carboxylic acids is 1. The molecule has 2 N–H and O–H groups in total. The summed E-state index contributed by atoms with van der Waals surface area (Å²) in [7, 11) is 0. The van der Waals surface area contributed by atoms with Gasteiger partial charge in [0, 0.05) is 10.6 Å². The van der Waals surface area contributed by atoms with Crippen LogP contribution in [0.25, 0.3) is 0 Å². The molecule has 0 unspecified atom stereocenters. The summed E-state index contributed by atoms with van der Waals surface area (Å²) in [5.41, 5.74) is -0.749. The van der Waals surface area contributed by atoms with Crippen LogP contribution in [0.2, 0.25) is 5.02 Å². The molecule has 0 radical (unpaired) electrons. The third-order valence-electron chi connectivity index (χ3n) is 2.40. The van der Waals surface area contributed by atoms with Gasteiger partial charge in [-0.1, -0.05) is 11.6 Å². The van der Waals surface area contributed by atoms with E-state index in [1.807, 2.05) is 0 Å². The maximum Gasteiger partial charge on any atom is 0.408 e. The number of carbonyl (C=O) groups excluding carboxylic acids is 1. The molecular weight excluding hydrogens is 301 g/mol. The standard InChI is InChI=1S/C14H17ClFNO4/c1-14(2,3)21-13(20)17-11(7-12(18)19)9-6-8(15)4-5-10(9)16/h4-6,11H,7H2,1-3H3,(H,17,20)(H,18,19)/t11-/m1/s1. The Kier molecular flexibility index (Phi) is 5.54. The second-order valence-electron chi connectivity index (χ2n) is 5.46. The van der Waals surface area contributed by atoms with Crippen LogP contribution in [-0.2, 0) is 9.53 Å². The molecule has 21 heavy (non-hydrogen) atoms. The number of benzene rings is 1. The number of alkyl carbamates (subject to hydrolysis) is 1. The van der Waals surface area contributed by atoms with Gasteiger partial charge in [0.1, 0.15) is 11.4 Å². The van der Waals surface area contributed by atoms with E-state index in [4.69, 9.17) is 21.4 Å². The molecule has 0 bridgehead atoms. The van der Waals surface area contributed by atoms with Gasteiger partial charge in [-0.05, 0) is 39.0 Å². The van der Waals surface area contributed by atoms with Crippen molar-refractivity contribution in [2.24, 2.45) is 0 Å². The monoisotopic (exact) mass is 317 g/mol. The van der Waals surface area contributed by atoms with Gasteiger partial charge in [-0.25, -0.2) is 9.18 Å². The summed E-state index contributed by atoms with van der Waals surface area (Å²) < 4.78 is 18.9. The lowest BCUT2D eigenvalue weighted by Crippen LogP contribution is -2.36. The van der Waals surface area contributed by atoms with Gasteiger partial charge < -0.3 is 15.2 Å². The number of rotatable bonds is 4. The van der Waals surface area contributed by atoms with Crippen molar-refractivity contribution in [1.82, 2.24) is 5.32 Å². The van der Waals surface area contributed by atoms with Crippen LogP contribution in [0.5, 0.6) is 0 Å². The molecule has 0 saturated carbocycles. The van der Waals surface area contributed by atoms with E-state index in [1.54, 1.807) is 20.8 Å². The summed E-state index contributed by atoms with van der Waals surface area (Å²) in [6.07, 6.45) is -1.32. The quantitative estimate of drug-likeness (QED) is 0.891. The largest absolute Gasteiger partial charge is 0.481 e. The van der Waals surface area contributed by atoms with Crippen LogP contribution in [0.1, 0.15) is 38.8 Å². The van der Waals surface area contributed by atoms with Gasteiger partial charge in [0.15, 0.2) is 0 Å². The van der Waals surface area contributed by atoms with Gasteiger partial charge >= 0.3 is 12.1 Å². The minimum atomic E-state index is -1.18. The molecule has 0 aromatic heterocycles. The predicted molar refractivity (Wildman–Crippen MR) is 75.8 cm³/mol. The molecule has 0 fully saturated rings. The molecule has 1 atom stereocenters. The molecule has 0 spiro atoms. The van der Waals surface area contributed by atoms with Crippen molar-refractivity contribution in [3.8, 4) is 0 Å². The zero-order chi connectivity index (χ0) is 16.2. The van der Waals surface area contributed by atoms with Crippen LogP contribution in [0.3, 0.4) is 0 Å². The first-order valence-corrected chi connectivity index (χ1v) is 6.62. The third-order valence-corrected chi connectivity index (χ3v) is 2.64. The Morgan fingerprint density at radius 1 is 1.43 bits per heavy atom. The molecule has 0 aliphatic heterocycles. The molecular formula is C14H17ClFNO4. The van der Waals surface area contributed by atoms with E-state index in [9.17, 15) is 14.0 Å². The van der Waals surface area contributed by atoms with Crippen LogP contribution >= 0.6 is 11.6 Å².